The minimum atomic E-state index is -0.237. The van der Waals surface area contributed by atoms with Gasteiger partial charge in [0.1, 0.15) is 6.54 Å². The third-order valence-electron chi connectivity index (χ3n) is 3.48. The lowest BCUT2D eigenvalue weighted by Gasteiger charge is -2.42. The number of hydrogen-bond donors (Lipinski definition) is 0. The molecule has 0 saturated carbocycles. The molecule has 0 N–H and O–H groups in total. The smallest absolute Gasteiger partial charge is 0.255 e. The van der Waals surface area contributed by atoms with E-state index in [1.165, 1.54) is 11.0 Å². The molecule has 1 fully saturated rings. The van der Waals surface area contributed by atoms with Gasteiger partial charge in [-0.2, -0.15) is 0 Å². The normalized spacial score (nSPS) is 16.3. The molecule has 0 aromatic heterocycles. The van der Waals surface area contributed by atoms with Gasteiger partial charge in [0.15, 0.2) is 0 Å². The first kappa shape index (κ1) is 16.1. The fraction of sp³-hybridized carbons (Fsp3) is 0.467. The Kier molecular flexibility index (Phi) is 4.49. The van der Waals surface area contributed by atoms with Gasteiger partial charge in [-0.15, -0.1) is 0 Å². The van der Waals surface area contributed by atoms with Gasteiger partial charge in [-0.1, -0.05) is 23.2 Å². The second-order valence-corrected chi connectivity index (χ2v) is 6.91. The fourth-order valence-corrected chi connectivity index (χ4v) is 2.88. The molecule has 0 atom stereocenters. The second kappa shape index (κ2) is 5.85. The molecule has 2 rings (SSSR count). The van der Waals surface area contributed by atoms with Crippen LogP contribution in [-0.4, -0.2) is 46.8 Å². The molecule has 1 aliphatic rings. The van der Waals surface area contributed by atoms with Gasteiger partial charge in [0.25, 0.3) is 5.91 Å². The highest BCUT2D eigenvalue weighted by Crippen LogP contribution is 2.24. The van der Waals surface area contributed by atoms with Gasteiger partial charge in [0.2, 0.25) is 5.91 Å². The summed E-state index contributed by atoms with van der Waals surface area (Å²) in [7, 11) is 0. The van der Waals surface area contributed by atoms with Crippen molar-refractivity contribution in [3.05, 3.63) is 33.8 Å². The Hall–Kier alpha value is -1.26. The van der Waals surface area contributed by atoms with Gasteiger partial charge in [-0.25, -0.2) is 0 Å². The van der Waals surface area contributed by atoms with Crippen LogP contribution >= 0.6 is 23.2 Å². The number of halogens is 2. The van der Waals surface area contributed by atoms with Gasteiger partial charge in [-0.3, -0.25) is 9.59 Å². The second-order valence-electron chi connectivity index (χ2n) is 6.07. The molecular weight excluding hydrogens is 311 g/mol. The van der Waals surface area contributed by atoms with Gasteiger partial charge in [0, 0.05) is 23.7 Å². The number of carbonyl (C=O) groups is 2. The van der Waals surface area contributed by atoms with Crippen molar-refractivity contribution in [2.45, 2.75) is 26.3 Å². The zero-order valence-corrected chi connectivity index (χ0v) is 13.8. The molecule has 114 valence electrons. The minimum absolute atomic E-state index is 0.0489. The molecular formula is C15H18Cl2N2O2. The van der Waals surface area contributed by atoms with E-state index in [1.807, 2.05) is 20.8 Å². The summed E-state index contributed by atoms with van der Waals surface area (Å²) >= 11 is 11.9. The number of carbonyl (C=O) groups excluding carboxylic acids is 2. The standard InChI is InChI=1S/C15H18Cl2N2O2/c1-15(2,3)19-7-6-18(9-13(19)20)14(21)11-5-4-10(16)8-12(11)17/h4-5,8H,6-7,9H2,1-3H3. The third kappa shape index (κ3) is 3.50. The number of piperazine rings is 1. The van der Waals surface area contributed by atoms with Crippen LogP contribution in [0.15, 0.2) is 18.2 Å². The number of amides is 2. The van der Waals surface area contributed by atoms with E-state index in [4.69, 9.17) is 23.2 Å². The van der Waals surface area contributed by atoms with Crippen LogP contribution in [-0.2, 0) is 4.79 Å². The molecule has 1 heterocycles. The van der Waals surface area contributed by atoms with Crippen LogP contribution in [0.5, 0.6) is 0 Å². The zero-order chi connectivity index (χ0) is 15.8. The van der Waals surface area contributed by atoms with E-state index in [0.717, 1.165) is 0 Å². The lowest BCUT2D eigenvalue weighted by Crippen LogP contribution is -2.58. The highest BCUT2D eigenvalue weighted by atomic mass is 35.5. The number of benzene rings is 1. The maximum Gasteiger partial charge on any atom is 0.255 e. The Morgan fingerprint density at radius 1 is 1.19 bits per heavy atom. The first-order valence-electron chi connectivity index (χ1n) is 6.75. The van der Waals surface area contributed by atoms with Crippen molar-refractivity contribution in [2.24, 2.45) is 0 Å². The summed E-state index contributed by atoms with van der Waals surface area (Å²) in [6, 6.07) is 4.74. The molecule has 4 nitrogen and oxygen atoms in total. The quantitative estimate of drug-likeness (QED) is 0.794. The van der Waals surface area contributed by atoms with Gasteiger partial charge < -0.3 is 9.80 Å². The molecule has 0 radical (unpaired) electrons. The molecule has 6 heteroatoms. The lowest BCUT2D eigenvalue weighted by molar-refractivity contribution is -0.140. The number of rotatable bonds is 1. The van der Waals surface area contributed by atoms with Gasteiger partial charge in [0.05, 0.1) is 10.6 Å². The fourth-order valence-electron chi connectivity index (χ4n) is 2.39. The van der Waals surface area contributed by atoms with Gasteiger partial charge in [-0.05, 0) is 39.0 Å². The summed E-state index contributed by atoms with van der Waals surface area (Å²) < 4.78 is 0. The van der Waals surface area contributed by atoms with E-state index in [1.54, 1.807) is 17.0 Å². The average Bonchev–Trinajstić information content (AvgIpc) is 2.36. The van der Waals surface area contributed by atoms with Crippen LogP contribution in [0.3, 0.4) is 0 Å². The van der Waals surface area contributed by atoms with Crippen molar-refractivity contribution in [2.75, 3.05) is 19.6 Å². The Labute approximate surface area is 134 Å². The Bertz CT molecular complexity index is 582. The molecule has 0 bridgehead atoms. The molecule has 1 saturated heterocycles. The van der Waals surface area contributed by atoms with Crippen molar-refractivity contribution in [3.8, 4) is 0 Å². The lowest BCUT2D eigenvalue weighted by atomic mass is 10.0. The molecule has 2 amide bonds. The highest BCUT2D eigenvalue weighted by molar-refractivity contribution is 6.36. The van der Waals surface area contributed by atoms with Crippen LogP contribution < -0.4 is 0 Å². The average molecular weight is 329 g/mol. The maximum absolute atomic E-state index is 12.5. The summed E-state index contributed by atoms with van der Waals surface area (Å²) in [5.41, 5.74) is 0.141. The summed E-state index contributed by atoms with van der Waals surface area (Å²) in [4.78, 5) is 28.0. The summed E-state index contributed by atoms with van der Waals surface area (Å²) in [5.74, 6) is -0.286. The Balaban J connectivity index is 2.14. The summed E-state index contributed by atoms with van der Waals surface area (Å²) in [5, 5.41) is 0.781. The van der Waals surface area contributed by atoms with E-state index in [2.05, 4.69) is 0 Å². The van der Waals surface area contributed by atoms with Crippen molar-refractivity contribution in [3.63, 3.8) is 0 Å². The van der Waals surface area contributed by atoms with E-state index >= 15 is 0 Å². The zero-order valence-electron chi connectivity index (χ0n) is 12.3. The summed E-state index contributed by atoms with van der Waals surface area (Å²) in [6.07, 6.45) is 0. The molecule has 21 heavy (non-hydrogen) atoms. The highest BCUT2D eigenvalue weighted by Gasteiger charge is 2.33. The number of nitrogens with zero attached hydrogens (tertiary/aromatic N) is 2. The van der Waals surface area contributed by atoms with Crippen LogP contribution in [0, 0.1) is 0 Å². The first-order chi connectivity index (χ1) is 9.70. The van der Waals surface area contributed by atoms with Gasteiger partial charge >= 0.3 is 0 Å². The topological polar surface area (TPSA) is 40.6 Å². The van der Waals surface area contributed by atoms with Crippen molar-refractivity contribution in [1.29, 1.82) is 0 Å². The third-order valence-corrected chi connectivity index (χ3v) is 4.03. The Morgan fingerprint density at radius 3 is 2.38 bits per heavy atom. The predicted molar refractivity (Wildman–Crippen MR) is 83.8 cm³/mol. The van der Waals surface area contributed by atoms with E-state index in [9.17, 15) is 9.59 Å². The monoisotopic (exact) mass is 328 g/mol. The molecule has 0 spiro atoms. The van der Waals surface area contributed by atoms with E-state index < -0.39 is 0 Å². The SMILES string of the molecule is CC(C)(C)N1CCN(C(=O)c2ccc(Cl)cc2Cl)CC1=O. The Morgan fingerprint density at radius 2 is 1.86 bits per heavy atom. The first-order valence-corrected chi connectivity index (χ1v) is 7.50. The molecule has 1 aromatic rings. The van der Waals surface area contributed by atoms with Crippen LogP contribution in [0.1, 0.15) is 31.1 Å². The summed E-state index contributed by atoms with van der Waals surface area (Å²) in [6.45, 7) is 7.06. The van der Waals surface area contributed by atoms with Crippen molar-refractivity contribution < 1.29 is 9.59 Å². The maximum atomic E-state index is 12.5. The van der Waals surface area contributed by atoms with E-state index in [-0.39, 0.29) is 23.9 Å². The molecule has 1 aliphatic heterocycles. The molecule has 1 aromatic carbocycles. The minimum Gasteiger partial charge on any atom is -0.335 e. The van der Waals surface area contributed by atoms with Crippen LogP contribution in [0.25, 0.3) is 0 Å². The largest absolute Gasteiger partial charge is 0.335 e. The van der Waals surface area contributed by atoms with Crippen LogP contribution in [0.2, 0.25) is 10.0 Å². The van der Waals surface area contributed by atoms with Crippen LogP contribution in [0.4, 0.5) is 0 Å². The molecule has 0 unspecified atom stereocenters. The van der Waals surface area contributed by atoms with E-state index in [0.29, 0.717) is 28.7 Å². The molecule has 0 aliphatic carbocycles. The predicted octanol–water partition coefficient (Wildman–Crippen LogP) is 3.08. The van der Waals surface area contributed by atoms with Crippen molar-refractivity contribution in [1.82, 2.24) is 9.80 Å². The number of hydrogen-bond acceptors (Lipinski definition) is 2. The van der Waals surface area contributed by atoms with Crippen molar-refractivity contribution >= 4 is 35.0 Å².